The summed E-state index contributed by atoms with van der Waals surface area (Å²) in [4.78, 5) is 34.5. The number of para-hydroxylation sites is 2. The van der Waals surface area contributed by atoms with E-state index in [9.17, 15) is 14.0 Å². The van der Waals surface area contributed by atoms with Crippen LogP contribution >= 0.6 is 11.3 Å². The molecular weight excluding hydrogens is 533 g/mol. The van der Waals surface area contributed by atoms with Crippen LogP contribution in [0.15, 0.2) is 73.3 Å². The van der Waals surface area contributed by atoms with Crippen molar-refractivity contribution < 1.29 is 23.5 Å². The highest BCUT2D eigenvalue weighted by Gasteiger charge is 2.16. The number of aromatic nitrogens is 3. The molecule has 5 rings (SSSR count). The maximum absolute atomic E-state index is 15.0. The first-order chi connectivity index (χ1) is 19.3. The van der Waals surface area contributed by atoms with Gasteiger partial charge >= 0.3 is 0 Å². The smallest absolute Gasteiger partial charge is 0.233 e. The van der Waals surface area contributed by atoms with E-state index < -0.39 is 24.1 Å². The zero-order valence-electron chi connectivity index (χ0n) is 22.0. The van der Waals surface area contributed by atoms with E-state index in [1.807, 2.05) is 16.8 Å². The molecule has 5 aromatic rings. The van der Waals surface area contributed by atoms with Crippen LogP contribution in [0, 0.1) is 5.82 Å². The predicted molar refractivity (Wildman–Crippen MR) is 153 cm³/mol. The fraction of sp³-hybridized carbons (Fsp3) is 0.172. The van der Waals surface area contributed by atoms with Gasteiger partial charge in [-0.25, -0.2) is 9.37 Å². The number of nitrogens with one attached hydrogen (secondary N) is 2. The van der Waals surface area contributed by atoms with Crippen LogP contribution in [0.5, 0.6) is 17.2 Å². The summed E-state index contributed by atoms with van der Waals surface area (Å²) in [6, 6.07) is 14.8. The fourth-order valence-corrected chi connectivity index (χ4v) is 4.97. The van der Waals surface area contributed by atoms with Gasteiger partial charge in [0.15, 0.2) is 11.6 Å². The van der Waals surface area contributed by atoms with Crippen molar-refractivity contribution >= 4 is 44.7 Å². The van der Waals surface area contributed by atoms with E-state index in [2.05, 4.69) is 34.4 Å². The van der Waals surface area contributed by atoms with Crippen molar-refractivity contribution in [1.29, 1.82) is 0 Å². The van der Waals surface area contributed by atoms with Crippen LogP contribution in [-0.4, -0.2) is 33.5 Å². The average molecular weight is 560 g/mol. The van der Waals surface area contributed by atoms with Crippen LogP contribution in [0.4, 0.5) is 15.8 Å². The second kappa shape index (κ2) is 11.5. The van der Waals surface area contributed by atoms with Gasteiger partial charge in [-0.3, -0.25) is 14.6 Å². The summed E-state index contributed by atoms with van der Waals surface area (Å²) < 4.78 is 28.9. The van der Waals surface area contributed by atoms with E-state index in [0.717, 1.165) is 21.3 Å². The molecule has 2 amide bonds. The molecule has 9 nitrogen and oxygen atoms in total. The molecule has 3 aromatic heterocycles. The summed E-state index contributed by atoms with van der Waals surface area (Å²) in [6.07, 6.45) is 4.91. The van der Waals surface area contributed by atoms with E-state index >= 15 is 0 Å². The third kappa shape index (κ3) is 5.94. The maximum Gasteiger partial charge on any atom is 0.233 e. The third-order valence-corrected chi connectivity index (χ3v) is 7.13. The number of hydrogen-bond donors (Lipinski definition) is 2. The summed E-state index contributed by atoms with van der Waals surface area (Å²) in [6.45, 7) is 4.16. The normalized spacial score (nSPS) is 11.0. The number of nitrogens with zero attached hydrogens (tertiary/aromatic N) is 3. The van der Waals surface area contributed by atoms with Crippen molar-refractivity contribution in [2.24, 2.45) is 0 Å². The Bertz CT molecular complexity index is 1700. The zero-order chi connectivity index (χ0) is 28.2. The second-order valence-electron chi connectivity index (χ2n) is 9.15. The highest BCUT2D eigenvalue weighted by atomic mass is 32.1. The number of halogens is 1. The van der Waals surface area contributed by atoms with Gasteiger partial charge in [-0.05, 0) is 44.2 Å². The Labute approximate surface area is 233 Å². The van der Waals surface area contributed by atoms with Crippen LogP contribution in [0.1, 0.15) is 26.3 Å². The first-order valence-corrected chi connectivity index (χ1v) is 13.2. The number of fused-ring (bicyclic) bond motifs is 1. The minimum absolute atomic E-state index is 0.0153. The average Bonchev–Trinajstić information content (AvgIpc) is 3.59. The molecule has 0 aliphatic heterocycles. The molecule has 0 atom stereocenters. The molecule has 0 saturated carbocycles. The number of carbonyl (C=O) groups is 2. The molecule has 0 unspecified atom stereocenters. The minimum atomic E-state index is -0.673. The molecule has 40 heavy (non-hydrogen) atoms. The Morgan fingerprint density at radius 3 is 2.55 bits per heavy atom. The van der Waals surface area contributed by atoms with E-state index in [-0.39, 0.29) is 11.4 Å². The molecular formula is C29H26FN5O4S. The Balaban J connectivity index is 1.25. The van der Waals surface area contributed by atoms with Crippen LogP contribution in [0.25, 0.3) is 20.8 Å². The van der Waals surface area contributed by atoms with E-state index in [4.69, 9.17) is 9.47 Å². The highest BCUT2D eigenvalue weighted by Crippen LogP contribution is 2.39. The van der Waals surface area contributed by atoms with Gasteiger partial charge in [-0.15, -0.1) is 11.3 Å². The summed E-state index contributed by atoms with van der Waals surface area (Å²) in [7, 11) is 1.48. The number of ether oxygens (including phenoxy) is 2. The van der Waals surface area contributed by atoms with Crippen molar-refractivity contribution in [1.82, 2.24) is 14.5 Å². The first kappa shape index (κ1) is 26.8. The first-order valence-electron chi connectivity index (χ1n) is 12.4. The molecule has 0 spiro atoms. The maximum atomic E-state index is 15.0. The molecule has 0 radical (unpaired) electrons. The zero-order valence-corrected chi connectivity index (χ0v) is 22.8. The Morgan fingerprint density at radius 1 is 1.00 bits per heavy atom. The molecule has 2 N–H and O–H groups in total. The summed E-state index contributed by atoms with van der Waals surface area (Å²) in [5.74, 6) is -0.890. The summed E-state index contributed by atoms with van der Waals surface area (Å²) >= 11 is 1.46. The lowest BCUT2D eigenvalue weighted by atomic mass is 10.2. The van der Waals surface area contributed by atoms with Crippen LogP contribution < -0.4 is 20.1 Å². The van der Waals surface area contributed by atoms with Gasteiger partial charge in [0.05, 0.1) is 39.9 Å². The minimum Gasteiger partial charge on any atom is -0.495 e. The van der Waals surface area contributed by atoms with Crippen molar-refractivity contribution in [3.8, 4) is 27.8 Å². The molecule has 0 aliphatic rings. The van der Waals surface area contributed by atoms with Crippen LogP contribution in [0.2, 0.25) is 0 Å². The largest absolute Gasteiger partial charge is 0.495 e. The quantitative estimate of drug-likeness (QED) is 0.196. The van der Waals surface area contributed by atoms with E-state index in [0.29, 0.717) is 28.7 Å². The SMILES string of the molecule is COc1ccccc1NC(=O)CC(=O)Nc1ccc(Oc2ccnc3cc(-c4cn(C(C)C)cn4)sc23)c(F)c1. The molecule has 0 bridgehead atoms. The van der Waals surface area contributed by atoms with Crippen LogP contribution in [0.3, 0.4) is 0 Å². The Kier molecular flexibility index (Phi) is 7.74. The van der Waals surface area contributed by atoms with Crippen molar-refractivity contribution in [2.45, 2.75) is 26.3 Å². The Hall–Kier alpha value is -4.77. The van der Waals surface area contributed by atoms with Gasteiger partial charge in [0, 0.05) is 36.3 Å². The van der Waals surface area contributed by atoms with Crippen molar-refractivity contribution in [3.63, 3.8) is 0 Å². The monoisotopic (exact) mass is 559 g/mol. The van der Waals surface area contributed by atoms with Crippen LogP contribution in [-0.2, 0) is 9.59 Å². The number of benzene rings is 2. The van der Waals surface area contributed by atoms with Gasteiger partial charge in [0.1, 0.15) is 17.9 Å². The molecule has 11 heteroatoms. The molecule has 2 aromatic carbocycles. The van der Waals surface area contributed by atoms with E-state index in [1.54, 1.807) is 42.9 Å². The topological polar surface area (TPSA) is 107 Å². The second-order valence-corrected chi connectivity index (χ2v) is 10.2. The molecule has 0 fully saturated rings. The number of rotatable bonds is 9. The number of thiophene rings is 1. The number of amides is 2. The molecule has 204 valence electrons. The lowest BCUT2D eigenvalue weighted by molar-refractivity contribution is -0.123. The molecule has 0 saturated heterocycles. The van der Waals surface area contributed by atoms with E-state index in [1.165, 1.54) is 30.6 Å². The van der Waals surface area contributed by atoms with Gasteiger partial charge in [-0.2, -0.15) is 0 Å². The van der Waals surface area contributed by atoms with Crippen molar-refractivity contribution in [2.75, 3.05) is 17.7 Å². The predicted octanol–water partition coefficient (Wildman–Crippen LogP) is 6.65. The lowest BCUT2D eigenvalue weighted by Gasteiger charge is -2.11. The lowest BCUT2D eigenvalue weighted by Crippen LogP contribution is -2.21. The van der Waals surface area contributed by atoms with Gasteiger partial charge in [0.2, 0.25) is 11.8 Å². The van der Waals surface area contributed by atoms with Crippen molar-refractivity contribution in [3.05, 3.63) is 79.1 Å². The number of carbonyl (C=O) groups excluding carboxylic acids is 2. The fourth-order valence-electron chi connectivity index (χ4n) is 3.94. The number of hydrogen-bond acceptors (Lipinski definition) is 7. The number of methoxy groups -OCH3 is 1. The Morgan fingerprint density at radius 2 is 1.80 bits per heavy atom. The summed E-state index contributed by atoms with van der Waals surface area (Å²) in [5, 5.41) is 5.17. The van der Waals surface area contributed by atoms with Gasteiger partial charge in [0.25, 0.3) is 0 Å². The number of anilines is 2. The molecule has 0 aliphatic carbocycles. The number of pyridine rings is 1. The van der Waals surface area contributed by atoms with Gasteiger partial charge < -0.3 is 24.7 Å². The number of imidazole rings is 1. The summed E-state index contributed by atoms with van der Waals surface area (Å²) in [5.41, 5.74) is 2.18. The standard InChI is InChI=1S/C29H26FN5O4S/c1-17(2)35-15-22(32-16-35)26-13-21-29(40-26)25(10-11-31-21)39-23-9-8-18(12-19(23)30)33-27(36)14-28(37)34-20-6-4-5-7-24(20)38-3/h4-13,15-17H,14H2,1-3H3,(H,33,36)(H,34,37). The van der Waals surface area contributed by atoms with Gasteiger partial charge in [-0.1, -0.05) is 12.1 Å². The highest BCUT2D eigenvalue weighted by molar-refractivity contribution is 7.22. The third-order valence-electron chi connectivity index (χ3n) is 5.96. The molecule has 3 heterocycles.